The molecule has 0 radical (unpaired) electrons. The maximum Gasteiger partial charge on any atom is 0.332 e. The molecule has 0 N–H and O–H groups in total. The predicted molar refractivity (Wildman–Crippen MR) is 73.9 cm³/mol. The molecule has 0 aliphatic rings. The quantitative estimate of drug-likeness (QED) is 0.727. The molecule has 0 bridgehead atoms. The zero-order valence-electron chi connectivity index (χ0n) is 11.3. The zero-order chi connectivity index (χ0) is 14.2. The number of nitrogens with zero attached hydrogens (tertiary/aromatic N) is 4. The molecule has 0 saturated heterocycles. The highest BCUT2D eigenvalue weighted by molar-refractivity contribution is 7.98. The average Bonchev–Trinajstić information content (AvgIpc) is 2.79. The van der Waals surface area contributed by atoms with Crippen molar-refractivity contribution < 1.29 is 4.74 Å². The molecule has 8 heteroatoms. The van der Waals surface area contributed by atoms with Crippen molar-refractivity contribution in [3.05, 3.63) is 20.8 Å². The summed E-state index contributed by atoms with van der Waals surface area (Å²) in [5.74, 6) is 0. The van der Waals surface area contributed by atoms with Crippen molar-refractivity contribution in [2.24, 2.45) is 14.1 Å². The van der Waals surface area contributed by atoms with E-state index in [2.05, 4.69) is 4.98 Å². The van der Waals surface area contributed by atoms with Gasteiger partial charge in [0.2, 0.25) is 0 Å². The minimum atomic E-state index is -0.374. The Morgan fingerprint density at radius 1 is 1.26 bits per heavy atom. The van der Waals surface area contributed by atoms with Crippen molar-refractivity contribution in [3.8, 4) is 0 Å². The minimum Gasteiger partial charge on any atom is -0.383 e. The van der Waals surface area contributed by atoms with Crippen LogP contribution in [0.2, 0.25) is 0 Å². The standard InChI is InChI=1S/C11H16N4O3S/c1-13-8-7(9(16)14(2)11(13)17)15(5-6-18-3)10(12-8)19-4/h5-6H2,1-4H3. The Labute approximate surface area is 113 Å². The van der Waals surface area contributed by atoms with E-state index in [1.54, 1.807) is 18.7 Å². The fourth-order valence-corrected chi connectivity index (χ4v) is 2.55. The van der Waals surface area contributed by atoms with Crippen molar-refractivity contribution in [3.63, 3.8) is 0 Å². The molecule has 2 rings (SSSR count). The summed E-state index contributed by atoms with van der Waals surface area (Å²) in [6.07, 6.45) is 1.88. The molecular formula is C11H16N4O3S. The molecular weight excluding hydrogens is 268 g/mol. The van der Waals surface area contributed by atoms with Crippen LogP contribution < -0.4 is 11.2 Å². The van der Waals surface area contributed by atoms with Crippen LogP contribution in [-0.2, 0) is 25.4 Å². The average molecular weight is 284 g/mol. The van der Waals surface area contributed by atoms with E-state index in [1.165, 1.54) is 23.4 Å². The van der Waals surface area contributed by atoms with E-state index < -0.39 is 0 Å². The van der Waals surface area contributed by atoms with Crippen LogP contribution in [0.25, 0.3) is 11.2 Å². The van der Waals surface area contributed by atoms with Gasteiger partial charge in [-0.2, -0.15) is 0 Å². The summed E-state index contributed by atoms with van der Waals surface area (Å²) in [6.45, 7) is 1.00. The Kier molecular flexibility index (Phi) is 3.81. The fraction of sp³-hybridized carbons (Fsp3) is 0.545. The van der Waals surface area contributed by atoms with Gasteiger partial charge in [-0.25, -0.2) is 9.78 Å². The Morgan fingerprint density at radius 2 is 1.95 bits per heavy atom. The maximum absolute atomic E-state index is 12.3. The topological polar surface area (TPSA) is 71.1 Å². The molecule has 0 aliphatic heterocycles. The summed E-state index contributed by atoms with van der Waals surface area (Å²) in [4.78, 5) is 28.5. The molecule has 0 fully saturated rings. The van der Waals surface area contributed by atoms with E-state index in [4.69, 9.17) is 4.74 Å². The van der Waals surface area contributed by atoms with Gasteiger partial charge in [-0.3, -0.25) is 13.9 Å². The Hall–Kier alpha value is -1.54. The molecule has 19 heavy (non-hydrogen) atoms. The molecule has 0 amide bonds. The van der Waals surface area contributed by atoms with E-state index in [0.29, 0.717) is 29.5 Å². The predicted octanol–water partition coefficient (Wildman–Crippen LogP) is -0.198. The van der Waals surface area contributed by atoms with E-state index in [9.17, 15) is 9.59 Å². The summed E-state index contributed by atoms with van der Waals surface area (Å²) in [6, 6.07) is 0. The molecule has 2 heterocycles. The van der Waals surface area contributed by atoms with Gasteiger partial charge in [-0.15, -0.1) is 0 Å². The van der Waals surface area contributed by atoms with Crippen molar-refractivity contribution in [2.45, 2.75) is 11.7 Å². The number of aryl methyl sites for hydroxylation is 1. The molecule has 0 saturated carbocycles. The van der Waals surface area contributed by atoms with Gasteiger partial charge in [0.1, 0.15) is 0 Å². The molecule has 0 unspecified atom stereocenters. The lowest BCUT2D eigenvalue weighted by molar-refractivity contribution is 0.186. The lowest BCUT2D eigenvalue weighted by Crippen LogP contribution is -2.37. The number of hydrogen-bond acceptors (Lipinski definition) is 5. The largest absolute Gasteiger partial charge is 0.383 e. The van der Waals surface area contributed by atoms with Crippen LogP contribution in [0.15, 0.2) is 14.7 Å². The lowest BCUT2D eigenvalue weighted by atomic mass is 10.5. The highest BCUT2D eigenvalue weighted by atomic mass is 32.2. The highest BCUT2D eigenvalue weighted by Gasteiger charge is 2.18. The summed E-state index contributed by atoms with van der Waals surface area (Å²) < 4.78 is 9.33. The van der Waals surface area contributed by atoms with Crippen molar-refractivity contribution in [1.82, 2.24) is 18.7 Å². The van der Waals surface area contributed by atoms with E-state index >= 15 is 0 Å². The third kappa shape index (κ3) is 2.10. The van der Waals surface area contributed by atoms with Gasteiger partial charge >= 0.3 is 5.69 Å². The van der Waals surface area contributed by atoms with Crippen LogP contribution >= 0.6 is 11.8 Å². The van der Waals surface area contributed by atoms with Crippen LogP contribution in [0.3, 0.4) is 0 Å². The van der Waals surface area contributed by atoms with Gasteiger partial charge < -0.3 is 9.30 Å². The van der Waals surface area contributed by atoms with Crippen molar-refractivity contribution >= 4 is 22.9 Å². The summed E-state index contributed by atoms with van der Waals surface area (Å²) in [5.41, 5.74) is 0.142. The first-order valence-corrected chi connectivity index (χ1v) is 6.94. The maximum atomic E-state index is 12.3. The summed E-state index contributed by atoms with van der Waals surface area (Å²) in [7, 11) is 4.68. The van der Waals surface area contributed by atoms with Gasteiger partial charge in [0, 0.05) is 27.7 Å². The Bertz CT molecular complexity index is 728. The number of ether oxygens (including phenoxy) is 1. The smallest absolute Gasteiger partial charge is 0.332 e. The second-order valence-electron chi connectivity index (χ2n) is 4.12. The molecule has 2 aromatic heterocycles. The van der Waals surface area contributed by atoms with E-state index in [0.717, 1.165) is 4.57 Å². The molecule has 0 atom stereocenters. The number of imidazole rings is 1. The molecule has 104 valence electrons. The second kappa shape index (κ2) is 5.22. The zero-order valence-corrected chi connectivity index (χ0v) is 12.2. The number of hydrogen-bond donors (Lipinski definition) is 0. The fourth-order valence-electron chi connectivity index (χ4n) is 1.97. The van der Waals surface area contributed by atoms with Crippen LogP contribution in [0, 0.1) is 0 Å². The van der Waals surface area contributed by atoms with Crippen LogP contribution in [0.4, 0.5) is 0 Å². The molecule has 7 nitrogen and oxygen atoms in total. The van der Waals surface area contributed by atoms with Crippen LogP contribution in [0.5, 0.6) is 0 Å². The second-order valence-corrected chi connectivity index (χ2v) is 4.89. The first-order chi connectivity index (χ1) is 9.02. The van der Waals surface area contributed by atoms with Crippen LogP contribution in [0.1, 0.15) is 0 Å². The number of rotatable bonds is 4. The normalized spacial score (nSPS) is 11.4. The number of methoxy groups -OCH3 is 1. The monoisotopic (exact) mass is 284 g/mol. The van der Waals surface area contributed by atoms with E-state index in [-0.39, 0.29) is 11.2 Å². The SMILES string of the molecule is COCCn1c(SC)nc2c1c(=O)n(C)c(=O)n2C. The Balaban J connectivity index is 2.87. The minimum absolute atomic E-state index is 0.331. The van der Waals surface area contributed by atoms with Gasteiger partial charge in [-0.1, -0.05) is 11.8 Å². The van der Waals surface area contributed by atoms with Gasteiger partial charge in [0.15, 0.2) is 16.3 Å². The summed E-state index contributed by atoms with van der Waals surface area (Å²) >= 11 is 1.43. The number of aromatic nitrogens is 4. The molecule has 0 spiro atoms. The first-order valence-electron chi connectivity index (χ1n) is 5.72. The number of thioether (sulfide) groups is 1. The molecule has 2 aromatic rings. The lowest BCUT2D eigenvalue weighted by Gasteiger charge is -2.07. The third-order valence-corrected chi connectivity index (χ3v) is 3.69. The van der Waals surface area contributed by atoms with Crippen molar-refractivity contribution in [1.29, 1.82) is 0 Å². The van der Waals surface area contributed by atoms with Gasteiger partial charge in [0.25, 0.3) is 5.56 Å². The van der Waals surface area contributed by atoms with Crippen molar-refractivity contribution in [2.75, 3.05) is 20.0 Å². The van der Waals surface area contributed by atoms with Gasteiger partial charge in [0.05, 0.1) is 6.61 Å². The summed E-state index contributed by atoms with van der Waals surface area (Å²) in [5, 5.41) is 0.699. The van der Waals surface area contributed by atoms with Crippen LogP contribution in [-0.4, -0.2) is 38.7 Å². The molecule has 0 aliphatic carbocycles. The third-order valence-electron chi connectivity index (χ3n) is 3.01. The van der Waals surface area contributed by atoms with Gasteiger partial charge in [-0.05, 0) is 6.26 Å². The highest BCUT2D eigenvalue weighted by Crippen LogP contribution is 2.18. The first kappa shape index (κ1) is 13.9. The number of fused-ring (bicyclic) bond motifs is 1. The molecule has 0 aromatic carbocycles. The van der Waals surface area contributed by atoms with E-state index in [1.807, 2.05) is 6.26 Å². The Morgan fingerprint density at radius 3 is 2.53 bits per heavy atom.